The van der Waals surface area contributed by atoms with Gasteiger partial charge in [-0.3, -0.25) is 9.59 Å². The number of carboxylic acids is 1. The van der Waals surface area contributed by atoms with Gasteiger partial charge in [-0.25, -0.2) is 13.2 Å². The molecule has 0 saturated carbocycles. The minimum atomic E-state index is -3.20. The maximum Gasteiger partial charge on any atom is 0.318 e. The monoisotopic (exact) mass is 909 g/mol. The zero-order chi connectivity index (χ0) is 46.2. The second kappa shape index (κ2) is 20.0. The van der Waals surface area contributed by atoms with Crippen molar-refractivity contribution in [2.45, 2.75) is 200 Å². The molecule has 0 bridgehead atoms. The topological polar surface area (TPSA) is 187 Å². The number of aliphatic hydroxyl groups is 1. The number of Topliss-reactive ketones (excluding diaryl/α,β-unsaturated/α-hetero) is 1. The Kier molecular flexibility index (Phi) is 16.0. The van der Waals surface area contributed by atoms with Crippen molar-refractivity contribution in [1.82, 2.24) is 10.2 Å². The number of hydrogen-bond acceptors (Lipinski definition) is 11. The van der Waals surface area contributed by atoms with E-state index in [1.165, 1.54) is 4.90 Å². The molecule has 6 aliphatic rings. The van der Waals surface area contributed by atoms with Gasteiger partial charge in [-0.15, -0.1) is 0 Å². The van der Waals surface area contributed by atoms with Gasteiger partial charge in [0.1, 0.15) is 11.8 Å². The number of carboxylic acid groups (broad SMARTS) is 1. The first-order valence-corrected chi connectivity index (χ1v) is 26.2. The average Bonchev–Trinajstić information content (AvgIpc) is 3.58. The lowest BCUT2D eigenvalue weighted by Gasteiger charge is -2.55. The Balaban J connectivity index is 1.24. The molecule has 5 fully saturated rings. The molecule has 0 aromatic heterocycles. The molecule has 1 unspecified atom stereocenters. The van der Waals surface area contributed by atoms with Crippen LogP contribution in [0.5, 0.6) is 0 Å². The summed E-state index contributed by atoms with van der Waals surface area (Å²) >= 11 is 0. The number of urea groups is 1. The van der Waals surface area contributed by atoms with E-state index in [2.05, 4.69) is 46.9 Å². The largest absolute Gasteiger partial charge is 0.481 e. The summed E-state index contributed by atoms with van der Waals surface area (Å²) in [7, 11) is -3.20. The minimum absolute atomic E-state index is 0.0329. The summed E-state index contributed by atoms with van der Waals surface area (Å²) in [5, 5.41) is 24.9. The molecule has 6 aliphatic heterocycles. The van der Waals surface area contributed by atoms with Crippen LogP contribution in [0.1, 0.15) is 140 Å². The lowest BCUT2D eigenvalue weighted by atomic mass is 9.72. The number of rotatable bonds is 14. The number of amides is 2. The fourth-order valence-corrected chi connectivity index (χ4v) is 13.3. The van der Waals surface area contributed by atoms with Crippen LogP contribution in [0, 0.1) is 47.3 Å². The van der Waals surface area contributed by atoms with E-state index in [0.717, 1.165) is 32.1 Å². The Morgan fingerprint density at radius 3 is 2.19 bits per heavy atom. The summed E-state index contributed by atoms with van der Waals surface area (Å²) in [4.78, 5) is 42.1. The van der Waals surface area contributed by atoms with Crippen LogP contribution in [0.15, 0.2) is 12.2 Å². The van der Waals surface area contributed by atoms with Crippen molar-refractivity contribution in [1.29, 1.82) is 0 Å². The van der Waals surface area contributed by atoms with Gasteiger partial charge in [0.2, 0.25) is 0 Å². The number of nitrogens with one attached hydrogen (secondary N) is 1. The first kappa shape index (κ1) is 50.3. The highest BCUT2D eigenvalue weighted by atomic mass is 32.2. The van der Waals surface area contributed by atoms with Crippen molar-refractivity contribution >= 4 is 27.6 Å². The first-order chi connectivity index (χ1) is 29.6. The van der Waals surface area contributed by atoms with Crippen molar-refractivity contribution in [2.24, 2.45) is 47.3 Å². The Labute approximate surface area is 377 Å². The van der Waals surface area contributed by atoms with Crippen LogP contribution in [0.4, 0.5) is 4.79 Å². The van der Waals surface area contributed by atoms with Crippen molar-refractivity contribution in [2.75, 3.05) is 24.6 Å². The summed E-state index contributed by atoms with van der Waals surface area (Å²) in [5.74, 6) is -5.83. The number of hydrogen-bond donors (Lipinski definition) is 3. The lowest BCUT2D eigenvalue weighted by Crippen LogP contribution is -2.66. The van der Waals surface area contributed by atoms with Crippen molar-refractivity contribution < 1.29 is 56.7 Å². The van der Waals surface area contributed by atoms with Crippen LogP contribution in [0.2, 0.25) is 0 Å². The van der Waals surface area contributed by atoms with Gasteiger partial charge in [-0.2, -0.15) is 0 Å². The molecule has 3 N–H and O–H groups in total. The summed E-state index contributed by atoms with van der Waals surface area (Å²) in [6, 6.07) is -1.12. The second-order valence-corrected chi connectivity index (χ2v) is 23.0. The molecule has 2 spiro atoms. The Morgan fingerprint density at radius 2 is 1.57 bits per heavy atom. The molecule has 18 atom stereocenters. The minimum Gasteiger partial charge on any atom is -0.481 e. The van der Waals surface area contributed by atoms with Gasteiger partial charge in [0, 0.05) is 43.2 Å². The maximum absolute atomic E-state index is 14.7. The van der Waals surface area contributed by atoms with Gasteiger partial charge in [0.25, 0.3) is 0 Å². The van der Waals surface area contributed by atoms with Crippen molar-refractivity contribution in [3.05, 3.63) is 12.2 Å². The van der Waals surface area contributed by atoms with Crippen molar-refractivity contribution in [3.8, 4) is 0 Å². The van der Waals surface area contributed by atoms with Gasteiger partial charge in [-0.05, 0) is 95.5 Å². The third-order valence-electron chi connectivity index (χ3n) is 16.3. The highest BCUT2D eigenvalue weighted by Gasteiger charge is 2.63. The van der Waals surface area contributed by atoms with Crippen LogP contribution in [0.3, 0.4) is 0 Å². The molecule has 360 valence electrons. The Bertz CT molecular complexity index is 1750. The van der Waals surface area contributed by atoms with Crippen LogP contribution in [-0.2, 0) is 43.1 Å². The maximum atomic E-state index is 14.7. The van der Waals surface area contributed by atoms with Crippen LogP contribution in [-0.4, -0.2) is 126 Å². The molecular formula is C48H80N2O12S. The van der Waals surface area contributed by atoms with E-state index in [4.69, 9.17) is 23.7 Å². The van der Waals surface area contributed by atoms with Gasteiger partial charge in [0.15, 0.2) is 21.4 Å². The standard InChI is InChI=1S/C48H80N2O12S/c1-11-14-34-16-18-39(58-33(34)9)46(10)21-22-48(61-46)38(49-45(55)50-23-25-63(56,57)26-24-50)19-20-47(62-48)30(6)27-29(5)43(60-47)36(13-3)41(52)31(7)40(51)32(8)42-28(4)15-17-37(59-42)35(12-2)44(53)54/h19-20,28-40,42-43,51H,11-18,21-27H2,1-10H3,(H,49,55)(H,53,54)/t28-,29-,30+,31-,32-,33-,34+,35+,36?,37+,38+,39+,40+,42+,43-,46-,47-,48-/m0/s1. The van der Waals surface area contributed by atoms with E-state index < -0.39 is 93.1 Å². The predicted octanol–water partition coefficient (Wildman–Crippen LogP) is 6.91. The smallest absolute Gasteiger partial charge is 0.318 e. The van der Waals surface area contributed by atoms with Crippen molar-refractivity contribution in [3.63, 3.8) is 0 Å². The predicted molar refractivity (Wildman–Crippen MR) is 238 cm³/mol. The molecule has 0 aliphatic carbocycles. The number of carbonyl (C=O) groups excluding carboxylic acids is 2. The summed E-state index contributed by atoms with van der Waals surface area (Å²) < 4.78 is 59.3. The van der Waals surface area contributed by atoms with E-state index in [0.29, 0.717) is 44.4 Å². The third-order valence-corrected chi connectivity index (χ3v) is 17.9. The van der Waals surface area contributed by atoms with Crippen LogP contribution in [0.25, 0.3) is 0 Å². The molecule has 2 amide bonds. The summed E-state index contributed by atoms with van der Waals surface area (Å²) in [6.07, 6.45) is 9.35. The SMILES string of the molecule is CCC[C@@H]1CC[C@H]([C@]2(C)CC[C@@]3(O[C@]4(C=C[C@H]3NC(=O)N3CCS(=O)(=O)CC3)O[C@H](C(CC)C(=O)[C@@H](C)[C@@H](O)[C@H](C)[C@@H]3O[C@@H]([C@@H](CC)C(=O)O)CC[C@@H]3C)[C@@H](C)C[C@H]4C)O2)O[C@H]1C. The Hall–Kier alpha value is -2.14. The normalized spacial score (nSPS) is 41.7. The Morgan fingerprint density at radius 1 is 0.889 bits per heavy atom. The molecule has 0 radical (unpaired) electrons. The zero-order valence-electron chi connectivity index (χ0n) is 39.8. The number of nitrogens with zero attached hydrogens (tertiary/aromatic N) is 1. The summed E-state index contributed by atoms with van der Waals surface area (Å²) in [5.41, 5.74) is -0.737. The number of ketones is 1. The number of sulfone groups is 1. The molecule has 14 nitrogen and oxygen atoms in total. The lowest BCUT2D eigenvalue weighted by molar-refractivity contribution is -0.397. The quantitative estimate of drug-likeness (QED) is 0.153. The zero-order valence-corrected chi connectivity index (χ0v) is 40.6. The highest BCUT2D eigenvalue weighted by Crippen LogP contribution is 2.54. The molecule has 15 heteroatoms. The fraction of sp³-hybridized carbons (Fsp3) is 0.896. The fourth-order valence-electron chi connectivity index (χ4n) is 12.1. The first-order valence-electron chi connectivity index (χ1n) is 24.4. The highest BCUT2D eigenvalue weighted by molar-refractivity contribution is 7.91. The van der Waals surface area contributed by atoms with E-state index in [1.54, 1.807) is 6.92 Å². The van der Waals surface area contributed by atoms with Gasteiger partial charge in [0.05, 0.1) is 59.6 Å². The molecule has 6 heterocycles. The third kappa shape index (κ3) is 10.4. The second-order valence-electron chi connectivity index (χ2n) is 20.7. The van der Waals surface area contributed by atoms with E-state index >= 15 is 0 Å². The average molecular weight is 909 g/mol. The van der Waals surface area contributed by atoms with Gasteiger partial charge in [-0.1, -0.05) is 67.9 Å². The van der Waals surface area contributed by atoms with Crippen LogP contribution >= 0.6 is 0 Å². The van der Waals surface area contributed by atoms with E-state index in [1.807, 2.05) is 32.9 Å². The van der Waals surface area contributed by atoms with Gasteiger partial charge < -0.3 is 44.1 Å². The number of carbonyl (C=O) groups is 3. The van der Waals surface area contributed by atoms with E-state index in [9.17, 15) is 33.0 Å². The molecular weight excluding hydrogens is 829 g/mol. The molecule has 5 saturated heterocycles. The number of aliphatic hydroxyl groups excluding tert-OH is 1. The van der Waals surface area contributed by atoms with Crippen LogP contribution < -0.4 is 5.32 Å². The van der Waals surface area contributed by atoms with Gasteiger partial charge >= 0.3 is 12.0 Å². The summed E-state index contributed by atoms with van der Waals surface area (Å²) in [6.45, 7) is 20.4. The molecule has 63 heavy (non-hydrogen) atoms. The number of ether oxygens (including phenoxy) is 5. The number of aliphatic carboxylic acids is 1. The van der Waals surface area contributed by atoms with E-state index in [-0.39, 0.29) is 60.3 Å². The molecule has 0 aromatic rings. The molecule has 0 aromatic carbocycles. The molecule has 6 rings (SSSR count).